The van der Waals surface area contributed by atoms with E-state index in [9.17, 15) is 4.79 Å². The molecule has 0 radical (unpaired) electrons. The summed E-state index contributed by atoms with van der Waals surface area (Å²) in [5.74, 6) is 0.0190. The van der Waals surface area contributed by atoms with Crippen molar-refractivity contribution in [3.05, 3.63) is 30.1 Å². The van der Waals surface area contributed by atoms with E-state index in [0.29, 0.717) is 6.04 Å². The summed E-state index contributed by atoms with van der Waals surface area (Å²) in [5, 5.41) is -0.463. The van der Waals surface area contributed by atoms with Crippen molar-refractivity contribution in [2.75, 3.05) is 0 Å². The van der Waals surface area contributed by atoms with Crippen molar-refractivity contribution in [1.82, 2.24) is 9.88 Å². The lowest BCUT2D eigenvalue weighted by Crippen LogP contribution is -2.39. The maximum absolute atomic E-state index is 12.1. The molecule has 92 valence electrons. The molecule has 1 aliphatic rings. The number of carbonyl (C=O) groups excluding carboxylic acids is 1. The number of nitrogens with zero attached hydrogens (tertiary/aromatic N) is 2. The Labute approximate surface area is 107 Å². The monoisotopic (exact) mass is 252 g/mol. The van der Waals surface area contributed by atoms with Gasteiger partial charge in [-0.25, -0.2) is 0 Å². The van der Waals surface area contributed by atoms with Crippen molar-refractivity contribution in [3.63, 3.8) is 0 Å². The minimum Gasteiger partial charge on any atom is -0.332 e. The number of carbonyl (C=O) groups is 1. The highest BCUT2D eigenvalue weighted by atomic mass is 35.5. The van der Waals surface area contributed by atoms with Crippen LogP contribution in [-0.2, 0) is 4.79 Å². The molecule has 4 heteroatoms. The Bertz CT molecular complexity index is 390. The van der Waals surface area contributed by atoms with Crippen molar-refractivity contribution in [3.8, 4) is 0 Å². The first kappa shape index (κ1) is 12.4. The van der Waals surface area contributed by atoms with E-state index in [1.807, 2.05) is 30.2 Å². The Kier molecular flexibility index (Phi) is 3.67. The van der Waals surface area contributed by atoms with Crippen LogP contribution in [0.4, 0.5) is 0 Å². The van der Waals surface area contributed by atoms with Gasteiger partial charge in [-0.1, -0.05) is 6.07 Å². The molecule has 3 nitrogen and oxygen atoms in total. The zero-order valence-electron chi connectivity index (χ0n) is 10.1. The number of hydrogen-bond donors (Lipinski definition) is 0. The van der Waals surface area contributed by atoms with Gasteiger partial charge in [-0.15, -0.1) is 11.6 Å². The van der Waals surface area contributed by atoms with Crippen molar-refractivity contribution in [2.24, 2.45) is 0 Å². The zero-order valence-corrected chi connectivity index (χ0v) is 10.9. The van der Waals surface area contributed by atoms with E-state index < -0.39 is 5.38 Å². The van der Waals surface area contributed by atoms with Crippen molar-refractivity contribution in [2.45, 2.75) is 44.1 Å². The topological polar surface area (TPSA) is 33.2 Å². The van der Waals surface area contributed by atoms with Gasteiger partial charge >= 0.3 is 0 Å². The molecular weight excluding hydrogens is 236 g/mol. The Morgan fingerprint density at radius 2 is 2.24 bits per heavy atom. The lowest BCUT2D eigenvalue weighted by atomic mass is 10.1. The first-order chi connectivity index (χ1) is 8.11. The zero-order chi connectivity index (χ0) is 12.4. The molecule has 1 saturated carbocycles. The van der Waals surface area contributed by atoms with Crippen LogP contribution >= 0.6 is 11.6 Å². The molecule has 0 aromatic carbocycles. The van der Waals surface area contributed by atoms with E-state index in [1.165, 1.54) is 0 Å². The third-order valence-electron chi connectivity index (χ3n) is 3.12. The highest BCUT2D eigenvalue weighted by molar-refractivity contribution is 6.30. The second-order valence-corrected chi connectivity index (χ2v) is 5.21. The molecule has 1 aromatic rings. The summed E-state index contributed by atoms with van der Waals surface area (Å²) in [6, 6.07) is 4.30. The van der Waals surface area contributed by atoms with Crippen LogP contribution in [0.1, 0.15) is 38.3 Å². The third kappa shape index (κ3) is 2.78. The van der Waals surface area contributed by atoms with Gasteiger partial charge in [-0.05, 0) is 38.3 Å². The second kappa shape index (κ2) is 5.05. The molecule has 0 bridgehead atoms. The fraction of sp³-hybridized carbons (Fsp3) is 0.538. The first-order valence-electron chi connectivity index (χ1n) is 5.97. The van der Waals surface area contributed by atoms with Gasteiger partial charge in [-0.3, -0.25) is 9.78 Å². The Hall–Kier alpha value is -1.09. The average molecular weight is 253 g/mol. The van der Waals surface area contributed by atoms with Crippen molar-refractivity contribution < 1.29 is 4.79 Å². The summed E-state index contributed by atoms with van der Waals surface area (Å²) in [7, 11) is 0. The number of pyridine rings is 1. The van der Waals surface area contributed by atoms with Gasteiger partial charge in [0.2, 0.25) is 5.91 Å². The summed E-state index contributed by atoms with van der Waals surface area (Å²) in [6.07, 6.45) is 5.72. The maximum Gasteiger partial charge on any atom is 0.241 e. The van der Waals surface area contributed by atoms with Gasteiger partial charge in [-0.2, -0.15) is 0 Å². The SMILES string of the molecule is CC(Cl)C(=O)N(C1CC1)C(C)c1cccnc1. The predicted molar refractivity (Wildman–Crippen MR) is 67.8 cm³/mol. The minimum atomic E-state index is -0.463. The summed E-state index contributed by atoms with van der Waals surface area (Å²) < 4.78 is 0. The maximum atomic E-state index is 12.1. The first-order valence-corrected chi connectivity index (χ1v) is 6.41. The van der Waals surface area contributed by atoms with Gasteiger partial charge in [0.05, 0.1) is 6.04 Å². The number of rotatable bonds is 4. The van der Waals surface area contributed by atoms with Gasteiger partial charge in [0.15, 0.2) is 0 Å². The van der Waals surface area contributed by atoms with E-state index in [4.69, 9.17) is 11.6 Å². The van der Waals surface area contributed by atoms with Crippen LogP contribution in [0, 0.1) is 0 Å². The van der Waals surface area contributed by atoms with E-state index in [-0.39, 0.29) is 11.9 Å². The Balaban J connectivity index is 2.19. The van der Waals surface area contributed by atoms with E-state index in [1.54, 1.807) is 13.1 Å². The minimum absolute atomic E-state index is 0.0190. The lowest BCUT2D eigenvalue weighted by molar-refractivity contribution is -0.133. The number of hydrogen-bond acceptors (Lipinski definition) is 2. The van der Waals surface area contributed by atoms with Crippen LogP contribution in [0.5, 0.6) is 0 Å². The number of amides is 1. The van der Waals surface area contributed by atoms with E-state index in [0.717, 1.165) is 18.4 Å². The fourth-order valence-corrected chi connectivity index (χ4v) is 2.14. The summed E-state index contributed by atoms with van der Waals surface area (Å²) >= 11 is 5.92. The molecule has 1 heterocycles. The fourth-order valence-electron chi connectivity index (χ4n) is 2.03. The second-order valence-electron chi connectivity index (χ2n) is 4.56. The molecule has 1 fully saturated rings. The molecule has 1 aliphatic carbocycles. The number of aromatic nitrogens is 1. The predicted octanol–water partition coefficient (Wildman–Crippen LogP) is 2.76. The summed E-state index contributed by atoms with van der Waals surface area (Å²) in [4.78, 5) is 18.1. The quantitative estimate of drug-likeness (QED) is 0.772. The van der Waals surface area contributed by atoms with Gasteiger partial charge in [0, 0.05) is 18.4 Å². The smallest absolute Gasteiger partial charge is 0.241 e. The molecule has 2 atom stereocenters. The molecule has 0 saturated heterocycles. The van der Waals surface area contributed by atoms with E-state index in [2.05, 4.69) is 4.98 Å². The van der Waals surface area contributed by atoms with Crippen molar-refractivity contribution >= 4 is 17.5 Å². The lowest BCUT2D eigenvalue weighted by Gasteiger charge is -2.30. The highest BCUT2D eigenvalue weighted by Crippen LogP contribution is 2.35. The molecule has 0 N–H and O–H groups in total. The van der Waals surface area contributed by atoms with Gasteiger partial charge < -0.3 is 4.90 Å². The van der Waals surface area contributed by atoms with Crippen LogP contribution in [-0.4, -0.2) is 27.2 Å². The van der Waals surface area contributed by atoms with Crippen LogP contribution in [0.25, 0.3) is 0 Å². The number of alkyl halides is 1. The van der Waals surface area contributed by atoms with Gasteiger partial charge in [0.1, 0.15) is 5.38 Å². The molecule has 0 aliphatic heterocycles. The number of halogens is 1. The van der Waals surface area contributed by atoms with Gasteiger partial charge in [0.25, 0.3) is 0 Å². The largest absolute Gasteiger partial charge is 0.332 e. The molecule has 2 unspecified atom stereocenters. The van der Waals surface area contributed by atoms with Crippen LogP contribution in [0.3, 0.4) is 0 Å². The van der Waals surface area contributed by atoms with Crippen LogP contribution in [0.15, 0.2) is 24.5 Å². The summed E-state index contributed by atoms with van der Waals surface area (Å²) in [6.45, 7) is 3.77. The van der Waals surface area contributed by atoms with Crippen molar-refractivity contribution in [1.29, 1.82) is 0 Å². The van der Waals surface area contributed by atoms with Crippen LogP contribution < -0.4 is 0 Å². The molecule has 0 spiro atoms. The molecule has 17 heavy (non-hydrogen) atoms. The average Bonchev–Trinajstić information content (AvgIpc) is 3.14. The third-order valence-corrected chi connectivity index (χ3v) is 3.31. The molecular formula is C13H17ClN2O. The van der Waals surface area contributed by atoms with Crippen LogP contribution in [0.2, 0.25) is 0 Å². The Morgan fingerprint density at radius 3 is 2.71 bits per heavy atom. The molecule has 1 aromatic heterocycles. The van der Waals surface area contributed by atoms with E-state index >= 15 is 0 Å². The standard InChI is InChI=1S/C13H17ClN2O/c1-9(14)13(17)16(12-5-6-12)10(2)11-4-3-7-15-8-11/h3-4,7-10,12H,5-6H2,1-2H3. The normalized spacial score (nSPS) is 18.5. The molecule has 2 rings (SSSR count). The Morgan fingerprint density at radius 1 is 1.53 bits per heavy atom. The molecule has 1 amide bonds. The summed E-state index contributed by atoms with van der Waals surface area (Å²) in [5.41, 5.74) is 1.06. The highest BCUT2D eigenvalue weighted by Gasteiger charge is 2.37.